The molecule has 3 aromatic rings. The third-order valence-electron chi connectivity index (χ3n) is 5.43. The Balaban J connectivity index is 1.43. The summed E-state index contributed by atoms with van der Waals surface area (Å²) in [6.45, 7) is -0.558. The van der Waals surface area contributed by atoms with E-state index in [1.807, 2.05) is 24.3 Å². The number of nitrogens with one attached hydrogen (secondary N) is 2. The van der Waals surface area contributed by atoms with Crippen molar-refractivity contribution in [1.29, 1.82) is 0 Å². The second-order valence-electron chi connectivity index (χ2n) is 7.56. The van der Waals surface area contributed by atoms with E-state index in [2.05, 4.69) is 10.9 Å². The van der Waals surface area contributed by atoms with Gasteiger partial charge in [-0.1, -0.05) is 29.8 Å². The van der Waals surface area contributed by atoms with Crippen molar-refractivity contribution in [1.82, 2.24) is 15.8 Å². The highest BCUT2D eigenvalue weighted by molar-refractivity contribution is 6.31. The van der Waals surface area contributed by atoms with Gasteiger partial charge in [0.15, 0.2) is 6.61 Å². The molecule has 0 bridgehead atoms. The van der Waals surface area contributed by atoms with E-state index in [1.165, 1.54) is 13.2 Å². The molecule has 8 nitrogen and oxygen atoms in total. The molecule has 1 aromatic heterocycles. The number of rotatable bonds is 5. The van der Waals surface area contributed by atoms with Crippen molar-refractivity contribution in [3.63, 3.8) is 0 Å². The van der Waals surface area contributed by atoms with E-state index in [-0.39, 0.29) is 5.56 Å². The van der Waals surface area contributed by atoms with Crippen molar-refractivity contribution in [2.75, 3.05) is 13.7 Å². The molecule has 0 unspecified atom stereocenters. The van der Waals surface area contributed by atoms with Crippen molar-refractivity contribution in [2.24, 2.45) is 0 Å². The van der Waals surface area contributed by atoms with Gasteiger partial charge in [-0.25, -0.2) is 4.79 Å². The lowest BCUT2D eigenvalue weighted by Gasteiger charge is -2.20. The molecule has 0 aliphatic heterocycles. The minimum absolute atomic E-state index is 0.150. The average Bonchev–Trinajstić information content (AvgIpc) is 2.84. The highest BCUT2D eigenvalue weighted by Gasteiger charge is 2.24. The molecule has 1 aliphatic rings. The van der Waals surface area contributed by atoms with Crippen LogP contribution in [-0.2, 0) is 22.4 Å². The molecule has 2 amide bonds. The van der Waals surface area contributed by atoms with Crippen molar-refractivity contribution in [3.05, 3.63) is 69.9 Å². The number of nitrogens with zero attached hydrogens (tertiary/aromatic N) is 1. The maximum atomic E-state index is 13.0. The Morgan fingerprint density at radius 2 is 1.85 bits per heavy atom. The molecule has 2 N–H and O–H groups in total. The highest BCUT2D eigenvalue weighted by Crippen LogP contribution is 2.29. The Morgan fingerprint density at radius 3 is 2.67 bits per heavy atom. The number of hydrogen-bond acceptors (Lipinski definition) is 6. The van der Waals surface area contributed by atoms with Crippen LogP contribution in [0.3, 0.4) is 0 Å². The van der Waals surface area contributed by atoms with Gasteiger partial charge in [-0.05, 0) is 55.5 Å². The predicted molar refractivity (Wildman–Crippen MR) is 122 cm³/mol. The zero-order chi connectivity index (χ0) is 23.4. The SMILES string of the molecule is COc1ccc(Cl)cc1C(=O)NNC(=O)COC(=O)c1c2c(nc3ccccc13)CCCC2. The van der Waals surface area contributed by atoms with Crippen LogP contribution in [0.2, 0.25) is 5.02 Å². The van der Waals surface area contributed by atoms with Gasteiger partial charge in [0.25, 0.3) is 11.8 Å². The molecule has 33 heavy (non-hydrogen) atoms. The number of esters is 1. The smallest absolute Gasteiger partial charge is 0.339 e. The number of carbonyl (C=O) groups is 3. The van der Waals surface area contributed by atoms with Crippen LogP contribution in [0.25, 0.3) is 10.9 Å². The zero-order valence-electron chi connectivity index (χ0n) is 17.9. The maximum absolute atomic E-state index is 13.0. The third-order valence-corrected chi connectivity index (χ3v) is 5.66. The molecule has 9 heteroatoms. The standard InChI is InChI=1S/C24H22ClN3O5/c1-32-20-11-10-14(25)12-17(20)23(30)28-27-21(29)13-33-24(31)22-15-6-2-4-8-18(15)26-19-9-5-3-7-16(19)22/h2,4,6,8,10-12H,3,5,7,9,13H2,1H3,(H,27,29)(H,28,30). The van der Waals surface area contributed by atoms with Crippen LogP contribution in [0, 0.1) is 0 Å². The number of carbonyl (C=O) groups excluding carboxylic acids is 3. The fraction of sp³-hybridized carbons (Fsp3) is 0.250. The quantitative estimate of drug-likeness (QED) is 0.440. The molecule has 1 heterocycles. The molecule has 1 aliphatic carbocycles. The average molecular weight is 468 g/mol. The van der Waals surface area contributed by atoms with E-state index in [0.717, 1.165) is 42.5 Å². The summed E-state index contributed by atoms with van der Waals surface area (Å²) in [7, 11) is 1.42. The van der Waals surface area contributed by atoms with Gasteiger partial charge in [-0.2, -0.15) is 0 Å². The Bertz CT molecular complexity index is 1240. The molecule has 0 radical (unpaired) electrons. The van der Waals surface area contributed by atoms with Gasteiger partial charge in [-0.15, -0.1) is 0 Å². The van der Waals surface area contributed by atoms with Crippen molar-refractivity contribution in [3.8, 4) is 5.75 Å². The van der Waals surface area contributed by atoms with Gasteiger partial charge in [0.2, 0.25) is 0 Å². The Kier molecular flexibility index (Phi) is 6.74. The summed E-state index contributed by atoms with van der Waals surface area (Å²) in [5, 5.41) is 1.04. The number of benzene rings is 2. The van der Waals surface area contributed by atoms with Crippen molar-refractivity contribution >= 4 is 40.3 Å². The molecule has 170 valence electrons. The number of fused-ring (bicyclic) bond motifs is 2. The lowest BCUT2D eigenvalue weighted by Crippen LogP contribution is -2.43. The topological polar surface area (TPSA) is 107 Å². The van der Waals surface area contributed by atoms with E-state index >= 15 is 0 Å². The number of pyridine rings is 1. The molecule has 4 rings (SSSR count). The number of halogens is 1. The van der Waals surface area contributed by atoms with Gasteiger partial charge in [0.1, 0.15) is 5.75 Å². The van der Waals surface area contributed by atoms with Crippen LogP contribution >= 0.6 is 11.6 Å². The van der Waals surface area contributed by atoms with Gasteiger partial charge in [0, 0.05) is 16.1 Å². The molecule has 0 atom stereocenters. The van der Waals surface area contributed by atoms with Gasteiger partial charge in [0.05, 0.1) is 23.8 Å². The monoisotopic (exact) mass is 467 g/mol. The molecule has 0 spiro atoms. The Morgan fingerprint density at radius 1 is 1.06 bits per heavy atom. The van der Waals surface area contributed by atoms with E-state index in [0.29, 0.717) is 21.7 Å². The number of aryl methyl sites for hydroxylation is 1. The largest absolute Gasteiger partial charge is 0.496 e. The zero-order valence-corrected chi connectivity index (χ0v) is 18.7. The summed E-state index contributed by atoms with van der Waals surface area (Å²) in [4.78, 5) is 42.2. The van der Waals surface area contributed by atoms with Gasteiger partial charge < -0.3 is 9.47 Å². The van der Waals surface area contributed by atoms with Crippen LogP contribution in [0.5, 0.6) is 5.75 Å². The second-order valence-corrected chi connectivity index (χ2v) is 8.00. The van der Waals surface area contributed by atoms with Crippen LogP contribution in [-0.4, -0.2) is 36.5 Å². The number of aromatic nitrogens is 1. The number of hydrogen-bond donors (Lipinski definition) is 2. The molecule has 0 saturated heterocycles. The summed E-state index contributed by atoms with van der Waals surface area (Å²) >= 11 is 5.93. The summed E-state index contributed by atoms with van der Waals surface area (Å²) in [5.74, 6) is -1.61. The minimum atomic E-state index is -0.690. The minimum Gasteiger partial charge on any atom is -0.496 e. The number of ether oxygens (including phenoxy) is 2. The number of methoxy groups -OCH3 is 1. The molecular formula is C24H22ClN3O5. The van der Waals surface area contributed by atoms with E-state index in [9.17, 15) is 14.4 Å². The van der Waals surface area contributed by atoms with E-state index in [1.54, 1.807) is 12.1 Å². The lowest BCUT2D eigenvalue weighted by atomic mass is 9.90. The van der Waals surface area contributed by atoms with Crippen LogP contribution in [0.1, 0.15) is 44.8 Å². The summed E-state index contributed by atoms with van der Waals surface area (Å²) in [6, 6.07) is 11.9. The van der Waals surface area contributed by atoms with Gasteiger partial charge >= 0.3 is 5.97 Å². The molecule has 0 saturated carbocycles. The highest BCUT2D eigenvalue weighted by atomic mass is 35.5. The first-order chi connectivity index (χ1) is 16.0. The summed E-state index contributed by atoms with van der Waals surface area (Å²) in [6.07, 6.45) is 3.53. The lowest BCUT2D eigenvalue weighted by molar-refractivity contribution is -0.125. The number of para-hydroxylation sites is 1. The number of amides is 2. The van der Waals surface area contributed by atoms with E-state index in [4.69, 9.17) is 26.1 Å². The maximum Gasteiger partial charge on any atom is 0.339 e. The fourth-order valence-electron chi connectivity index (χ4n) is 3.90. The first-order valence-electron chi connectivity index (χ1n) is 10.5. The summed E-state index contributed by atoms with van der Waals surface area (Å²) < 4.78 is 10.4. The van der Waals surface area contributed by atoms with Crippen LogP contribution in [0.15, 0.2) is 42.5 Å². The number of hydrazine groups is 1. The Labute approximate surface area is 195 Å². The predicted octanol–water partition coefficient (Wildman–Crippen LogP) is 3.39. The molecular weight excluding hydrogens is 446 g/mol. The first-order valence-corrected chi connectivity index (χ1v) is 10.9. The van der Waals surface area contributed by atoms with E-state index < -0.39 is 24.4 Å². The second kappa shape index (κ2) is 9.87. The summed E-state index contributed by atoms with van der Waals surface area (Å²) in [5.41, 5.74) is 7.60. The Hall–Kier alpha value is -3.65. The first kappa shape index (κ1) is 22.5. The van der Waals surface area contributed by atoms with Crippen molar-refractivity contribution in [2.45, 2.75) is 25.7 Å². The van der Waals surface area contributed by atoms with Crippen LogP contribution in [0.4, 0.5) is 0 Å². The normalized spacial score (nSPS) is 12.5. The third kappa shape index (κ3) is 4.90. The fourth-order valence-corrected chi connectivity index (χ4v) is 4.07. The van der Waals surface area contributed by atoms with Crippen molar-refractivity contribution < 1.29 is 23.9 Å². The molecule has 0 fully saturated rings. The van der Waals surface area contributed by atoms with Gasteiger partial charge in [-0.3, -0.25) is 25.4 Å². The van der Waals surface area contributed by atoms with Crippen LogP contribution < -0.4 is 15.6 Å². The molecule has 2 aromatic carbocycles.